The van der Waals surface area contributed by atoms with Crippen molar-refractivity contribution in [2.45, 2.75) is 38.1 Å². The van der Waals surface area contributed by atoms with E-state index in [4.69, 9.17) is 0 Å². The van der Waals surface area contributed by atoms with Crippen molar-refractivity contribution in [3.05, 3.63) is 39.9 Å². The molecule has 0 unspecified atom stereocenters. The molecule has 1 fully saturated rings. The lowest BCUT2D eigenvalue weighted by Crippen LogP contribution is -2.50. The number of nitro groups is 1. The molecule has 1 saturated carbocycles. The molecule has 0 aromatic heterocycles. The third kappa shape index (κ3) is 4.18. The van der Waals surface area contributed by atoms with Gasteiger partial charge in [-0.1, -0.05) is 31.4 Å². The molecule has 8 nitrogen and oxygen atoms in total. The van der Waals surface area contributed by atoms with Crippen molar-refractivity contribution in [2.24, 2.45) is 0 Å². The van der Waals surface area contributed by atoms with Crippen molar-refractivity contribution in [3.8, 4) is 0 Å². The van der Waals surface area contributed by atoms with E-state index in [0.717, 1.165) is 25.7 Å². The Labute approximate surface area is 127 Å². The lowest BCUT2D eigenvalue weighted by atomic mass is 9.96. The molecule has 0 heterocycles. The van der Waals surface area contributed by atoms with Gasteiger partial charge in [0.05, 0.1) is 4.92 Å². The first-order chi connectivity index (χ1) is 10.6. The van der Waals surface area contributed by atoms with Gasteiger partial charge in [-0.3, -0.25) is 20.3 Å². The van der Waals surface area contributed by atoms with Crippen LogP contribution in [0.4, 0.5) is 10.5 Å². The number of nitrogens with one attached hydrogen (secondary N) is 3. The van der Waals surface area contributed by atoms with Crippen molar-refractivity contribution >= 4 is 17.6 Å². The number of carbonyl (C=O) groups is 2. The summed E-state index contributed by atoms with van der Waals surface area (Å²) in [4.78, 5) is 33.8. The molecular formula is C14H18N4O4. The molecule has 0 bridgehead atoms. The molecule has 1 aliphatic rings. The van der Waals surface area contributed by atoms with Crippen LogP contribution in [0.15, 0.2) is 24.3 Å². The monoisotopic (exact) mass is 306 g/mol. The fraction of sp³-hybridized carbons (Fsp3) is 0.429. The Bertz CT molecular complexity index is 570. The van der Waals surface area contributed by atoms with Gasteiger partial charge < -0.3 is 5.32 Å². The van der Waals surface area contributed by atoms with Gasteiger partial charge in [0, 0.05) is 12.1 Å². The third-order valence-electron chi connectivity index (χ3n) is 3.58. The van der Waals surface area contributed by atoms with Crippen LogP contribution in [0.2, 0.25) is 0 Å². The van der Waals surface area contributed by atoms with Gasteiger partial charge in [-0.15, -0.1) is 0 Å². The summed E-state index contributed by atoms with van der Waals surface area (Å²) in [5.74, 6) is -0.730. The van der Waals surface area contributed by atoms with E-state index in [-0.39, 0.29) is 17.3 Å². The molecule has 1 aromatic carbocycles. The number of urea groups is 1. The van der Waals surface area contributed by atoms with E-state index in [0.29, 0.717) is 0 Å². The average Bonchev–Trinajstić information content (AvgIpc) is 2.53. The molecule has 22 heavy (non-hydrogen) atoms. The zero-order chi connectivity index (χ0) is 15.9. The number of hydrazine groups is 1. The summed E-state index contributed by atoms with van der Waals surface area (Å²) in [6, 6.07) is 5.14. The number of nitrogens with zero attached hydrogens (tertiary/aromatic N) is 1. The lowest BCUT2D eigenvalue weighted by molar-refractivity contribution is -0.385. The first-order valence-corrected chi connectivity index (χ1v) is 7.18. The summed E-state index contributed by atoms with van der Waals surface area (Å²) < 4.78 is 0. The van der Waals surface area contributed by atoms with Crippen LogP contribution in [0, 0.1) is 10.1 Å². The molecule has 8 heteroatoms. The van der Waals surface area contributed by atoms with Gasteiger partial charge in [0.2, 0.25) is 0 Å². The molecule has 2 rings (SSSR count). The molecule has 0 aliphatic heterocycles. The van der Waals surface area contributed by atoms with Gasteiger partial charge >= 0.3 is 6.03 Å². The van der Waals surface area contributed by atoms with E-state index < -0.39 is 16.9 Å². The standard InChI is InChI=1S/C14H18N4O4/c19-13(11-8-4-5-9-12(11)18(21)22)16-17-14(20)15-10-6-2-1-3-7-10/h4-5,8-10H,1-3,6-7H2,(H,16,19)(H2,15,17,20). The number of benzene rings is 1. The Kier molecular flexibility index (Phi) is 5.29. The summed E-state index contributed by atoms with van der Waals surface area (Å²) in [6.07, 6.45) is 5.17. The van der Waals surface area contributed by atoms with E-state index in [1.165, 1.54) is 30.7 Å². The number of hydrogen-bond donors (Lipinski definition) is 3. The SMILES string of the molecule is O=C(NNC(=O)c1ccccc1[N+](=O)[O-])NC1CCCCC1. The Morgan fingerprint density at radius 2 is 1.77 bits per heavy atom. The molecule has 1 aromatic rings. The first kappa shape index (κ1) is 15.7. The molecule has 0 spiro atoms. The maximum absolute atomic E-state index is 11.9. The predicted octanol–water partition coefficient (Wildman–Crippen LogP) is 1.87. The van der Waals surface area contributed by atoms with E-state index in [2.05, 4.69) is 16.2 Å². The first-order valence-electron chi connectivity index (χ1n) is 7.18. The molecule has 118 valence electrons. The van der Waals surface area contributed by atoms with Gasteiger partial charge in [-0.2, -0.15) is 0 Å². The van der Waals surface area contributed by atoms with Crippen LogP contribution in [0.1, 0.15) is 42.5 Å². The lowest BCUT2D eigenvalue weighted by Gasteiger charge is -2.22. The van der Waals surface area contributed by atoms with Crippen LogP contribution in [-0.2, 0) is 0 Å². The summed E-state index contributed by atoms with van der Waals surface area (Å²) in [6.45, 7) is 0. The van der Waals surface area contributed by atoms with Gasteiger partial charge in [0.15, 0.2) is 0 Å². The minimum atomic E-state index is -0.730. The van der Waals surface area contributed by atoms with Crippen molar-refractivity contribution in [1.82, 2.24) is 16.2 Å². The van der Waals surface area contributed by atoms with Crippen LogP contribution in [-0.4, -0.2) is 22.9 Å². The number of nitro benzene ring substituents is 1. The quantitative estimate of drug-likeness (QED) is 0.584. The highest BCUT2D eigenvalue weighted by atomic mass is 16.6. The second-order valence-corrected chi connectivity index (χ2v) is 5.16. The Balaban J connectivity index is 1.87. The topological polar surface area (TPSA) is 113 Å². The van der Waals surface area contributed by atoms with E-state index in [1.807, 2.05) is 0 Å². The second-order valence-electron chi connectivity index (χ2n) is 5.16. The Morgan fingerprint density at radius 1 is 1.09 bits per heavy atom. The summed E-state index contributed by atoms with van der Waals surface area (Å²) >= 11 is 0. The molecule has 3 N–H and O–H groups in total. The van der Waals surface area contributed by atoms with Crippen molar-refractivity contribution < 1.29 is 14.5 Å². The Hall–Kier alpha value is -2.64. The normalized spacial score (nSPS) is 14.9. The van der Waals surface area contributed by atoms with Crippen LogP contribution >= 0.6 is 0 Å². The number of rotatable bonds is 3. The number of amides is 3. The van der Waals surface area contributed by atoms with E-state index in [1.54, 1.807) is 0 Å². The molecule has 0 saturated heterocycles. The molecule has 0 radical (unpaired) electrons. The van der Waals surface area contributed by atoms with Crippen LogP contribution < -0.4 is 16.2 Å². The largest absolute Gasteiger partial charge is 0.334 e. The fourth-order valence-electron chi connectivity index (χ4n) is 2.47. The third-order valence-corrected chi connectivity index (χ3v) is 3.58. The highest BCUT2D eigenvalue weighted by Gasteiger charge is 2.20. The Morgan fingerprint density at radius 3 is 2.45 bits per heavy atom. The van der Waals surface area contributed by atoms with Gasteiger partial charge in [0.25, 0.3) is 11.6 Å². The van der Waals surface area contributed by atoms with E-state index in [9.17, 15) is 19.7 Å². The zero-order valence-electron chi connectivity index (χ0n) is 12.0. The maximum atomic E-state index is 11.9. The molecular weight excluding hydrogens is 288 g/mol. The second kappa shape index (κ2) is 7.39. The van der Waals surface area contributed by atoms with Gasteiger partial charge in [-0.25, -0.2) is 10.2 Å². The number of carbonyl (C=O) groups excluding carboxylic acids is 2. The smallest absolute Gasteiger partial charge is 0.333 e. The summed E-state index contributed by atoms with van der Waals surface area (Å²) in [5.41, 5.74) is 3.98. The van der Waals surface area contributed by atoms with Crippen molar-refractivity contribution in [1.29, 1.82) is 0 Å². The molecule has 1 aliphatic carbocycles. The summed E-state index contributed by atoms with van der Waals surface area (Å²) in [5, 5.41) is 13.6. The van der Waals surface area contributed by atoms with Crippen LogP contribution in [0.5, 0.6) is 0 Å². The summed E-state index contributed by atoms with van der Waals surface area (Å²) in [7, 11) is 0. The van der Waals surface area contributed by atoms with Crippen molar-refractivity contribution in [3.63, 3.8) is 0 Å². The molecule has 0 atom stereocenters. The van der Waals surface area contributed by atoms with Crippen molar-refractivity contribution in [2.75, 3.05) is 0 Å². The average molecular weight is 306 g/mol. The van der Waals surface area contributed by atoms with Gasteiger partial charge in [-0.05, 0) is 18.9 Å². The fourth-order valence-corrected chi connectivity index (χ4v) is 2.47. The highest BCUT2D eigenvalue weighted by molar-refractivity contribution is 5.98. The highest BCUT2D eigenvalue weighted by Crippen LogP contribution is 2.18. The maximum Gasteiger partial charge on any atom is 0.333 e. The minimum Gasteiger partial charge on any atom is -0.334 e. The van der Waals surface area contributed by atoms with Crippen LogP contribution in [0.25, 0.3) is 0 Å². The van der Waals surface area contributed by atoms with Crippen LogP contribution in [0.3, 0.4) is 0 Å². The molecule has 3 amide bonds. The number of para-hydroxylation sites is 1. The number of hydrogen-bond acceptors (Lipinski definition) is 4. The van der Waals surface area contributed by atoms with E-state index >= 15 is 0 Å². The minimum absolute atomic E-state index is 0.106. The van der Waals surface area contributed by atoms with Gasteiger partial charge in [0.1, 0.15) is 5.56 Å². The zero-order valence-corrected chi connectivity index (χ0v) is 12.0. The predicted molar refractivity (Wildman–Crippen MR) is 79.1 cm³/mol.